The molecule has 0 aliphatic carbocycles. The van der Waals surface area contributed by atoms with E-state index in [0.717, 1.165) is 18.5 Å². The number of anilines is 1. The van der Waals surface area contributed by atoms with Gasteiger partial charge >= 0.3 is 0 Å². The lowest BCUT2D eigenvalue weighted by Crippen LogP contribution is -2.17. The molecule has 0 aliphatic heterocycles. The van der Waals surface area contributed by atoms with E-state index >= 15 is 0 Å². The second-order valence-corrected chi connectivity index (χ2v) is 3.40. The van der Waals surface area contributed by atoms with Crippen LogP contribution in [0.3, 0.4) is 0 Å². The summed E-state index contributed by atoms with van der Waals surface area (Å²) in [4.78, 5) is 0. The van der Waals surface area contributed by atoms with Crippen molar-refractivity contribution in [1.29, 1.82) is 0 Å². The second kappa shape index (κ2) is 5.10. The van der Waals surface area contributed by atoms with Crippen molar-refractivity contribution < 1.29 is 5.11 Å². The van der Waals surface area contributed by atoms with Crippen molar-refractivity contribution in [3.63, 3.8) is 0 Å². The molecule has 0 amide bonds. The van der Waals surface area contributed by atoms with E-state index in [1.807, 2.05) is 19.1 Å². The average Bonchev–Trinajstić information content (AvgIpc) is 2.04. The first-order valence-electron chi connectivity index (χ1n) is 4.42. The van der Waals surface area contributed by atoms with Gasteiger partial charge in [0, 0.05) is 10.7 Å². The summed E-state index contributed by atoms with van der Waals surface area (Å²) >= 11 is 5.78. The summed E-state index contributed by atoms with van der Waals surface area (Å²) in [5.74, 6) is 0. The van der Waals surface area contributed by atoms with Gasteiger partial charge in [0.05, 0.1) is 0 Å². The monoisotopic (exact) mass is 199 g/mol. The summed E-state index contributed by atoms with van der Waals surface area (Å²) in [6.07, 6.45) is 1.21. The van der Waals surface area contributed by atoms with E-state index < -0.39 is 6.23 Å². The fourth-order valence-corrected chi connectivity index (χ4v) is 1.31. The molecule has 0 saturated carbocycles. The van der Waals surface area contributed by atoms with Crippen LogP contribution < -0.4 is 5.32 Å². The zero-order chi connectivity index (χ0) is 9.68. The van der Waals surface area contributed by atoms with E-state index in [9.17, 15) is 5.11 Å². The molecule has 1 unspecified atom stereocenters. The molecule has 2 nitrogen and oxygen atoms in total. The normalized spacial score (nSPS) is 12.5. The summed E-state index contributed by atoms with van der Waals surface area (Å²) in [5.41, 5.74) is 0.855. The fraction of sp³-hybridized carbons (Fsp3) is 0.400. The number of benzene rings is 1. The first kappa shape index (κ1) is 10.4. The van der Waals surface area contributed by atoms with E-state index in [4.69, 9.17) is 11.6 Å². The zero-order valence-corrected chi connectivity index (χ0v) is 8.38. The Kier molecular flexibility index (Phi) is 4.06. The Labute approximate surface area is 83.5 Å². The van der Waals surface area contributed by atoms with Crippen LogP contribution >= 0.6 is 11.6 Å². The lowest BCUT2D eigenvalue weighted by molar-refractivity contribution is 0.192. The minimum absolute atomic E-state index is 0.483. The highest BCUT2D eigenvalue weighted by Crippen LogP contribution is 2.15. The van der Waals surface area contributed by atoms with Gasteiger partial charge in [-0.25, -0.2) is 0 Å². The number of hydrogen-bond acceptors (Lipinski definition) is 2. The zero-order valence-electron chi connectivity index (χ0n) is 7.63. The van der Waals surface area contributed by atoms with Gasteiger partial charge in [0.25, 0.3) is 0 Å². The molecule has 2 N–H and O–H groups in total. The van der Waals surface area contributed by atoms with Crippen LogP contribution in [-0.2, 0) is 0 Å². The summed E-state index contributed by atoms with van der Waals surface area (Å²) in [6, 6.07) is 7.33. The molecule has 1 rings (SSSR count). The van der Waals surface area contributed by atoms with E-state index in [0.29, 0.717) is 5.02 Å². The molecule has 0 aromatic heterocycles. The third-order valence-corrected chi connectivity index (χ3v) is 1.96. The number of aliphatic hydroxyl groups is 1. The van der Waals surface area contributed by atoms with Gasteiger partial charge in [-0.15, -0.1) is 0 Å². The van der Waals surface area contributed by atoms with E-state index in [-0.39, 0.29) is 0 Å². The quantitative estimate of drug-likeness (QED) is 0.731. The maximum Gasteiger partial charge on any atom is 0.124 e. The number of nitrogens with one attached hydrogen (secondary N) is 1. The first-order valence-corrected chi connectivity index (χ1v) is 4.80. The molecule has 1 atom stereocenters. The molecular formula is C10H14ClNO. The molecular weight excluding hydrogens is 186 g/mol. The predicted octanol–water partition coefficient (Wildman–Crippen LogP) is 2.87. The third-order valence-electron chi connectivity index (χ3n) is 1.72. The van der Waals surface area contributed by atoms with Crippen LogP contribution in [-0.4, -0.2) is 11.3 Å². The van der Waals surface area contributed by atoms with Crippen molar-refractivity contribution >= 4 is 17.3 Å². The van der Waals surface area contributed by atoms with Gasteiger partial charge < -0.3 is 10.4 Å². The van der Waals surface area contributed by atoms with Gasteiger partial charge in [-0.1, -0.05) is 31.0 Å². The Morgan fingerprint density at radius 2 is 2.31 bits per heavy atom. The Hall–Kier alpha value is -0.730. The predicted molar refractivity (Wildman–Crippen MR) is 56.0 cm³/mol. The molecule has 1 aromatic rings. The largest absolute Gasteiger partial charge is 0.374 e. The van der Waals surface area contributed by atoms with Crippen LogP contribution in [0, 0.1) is 0 Å². The number of aliphatic hydroxyl groups excluding tert-OH is 1. The van der Waals surface area contributed by atoms with Crippen LogP contribution in [0.15, 0.2) is 24.3 Å². The molecule has 3 heteroatoms. The third kappa shape index (κ3) is 3.66. The Morgan fingerprint density at radius 3 is 2.92 bits per heavy atom. The van der Waals surface area contributed by atoms with Crippen molar-refractivity contribution in [2.45, 2.75) is 26.0 Å². The Balaban J connectivity index is 2.53. The highest BCUT2D eigenvalue weighted by atomic mass is 35.5. The molecule has 0 fully saturated rings. The van der Waals surface area contributed by atoms with Crippen molar-refractivity contribution in [3.8, 4) is 0 Å². The van der Waals surface area contributed by atoms with Gasteiger partial charge in [0.2, 0.25) is 0 Å². The lowest BCUT2D eigenvalue weighted by atomic mass is 10.2. The van der Waals surface area contributed by atoms with Crippen molar-refractivity contribution in [2.24, 2.45) is 0 Å². The summed E-state index contributed by atoms with van der Waals surface area (Å²) < 4.78 is 0. The molecule has 13 heavy (non-hydrogen) atoms. The first-order chi connectivity index (χ1) is 6.22. The van der Waals surface area contributed by atoms with Gasteiger partial charge in [0.15, 0.2) is 0 Å². The van der Waals surface area contributed by atoms with Crippen LogP contribution in [0.25, 0.3) is 0 Å². The van der Waals surface area contributed by atoms with Crippen LogP contribution in [0.1, 0.15) is 19.8 Å². The molecule has 0 heterocycles. The second-order valence-electron chi connectivity index (χ2n) is 2.96. The van der Waals surface area contributed by atoms with E-state index in [1.165, 1.54) is 0 Å². The highest BCUT2D eigenvalue weighted by molar-refractivity contribution is 6.30. The van der Waals surface area contributed by atoms with Gasteiger partial charge in [0.1, 0.15) is 6.23 Å². The number of halogens is 1. The van der Waals surface area contributed by atoms with Crippen molar-refractivity contribution in [3.05, 3.63) is 29.3 Å². The summed E-state index contributed by atoms with van der Waals surface area (Å²) in [5, 5.41) is 13.1. The molecule has 0 bridgehead atoms. The minimum atomic E-state index is -0.483. The molecule has 0 saturated heterocycles. The van der Waals surface area contributed by atoms with Crippen LogP contribution in [0.5, 0.6) is 0 Å². The SMILES string of the molecule is CCCC(O)Nc1cccc(Cl)c1. The average molecular weight is 200 g/mol. The Morgan fingerprint density at radius 1 is 1.54 bits per heavy atom. The molecule has 0 radical (unpaired) electrons. The smallest absolute Gasteiger partial charge is 0.124 e. The summed E-state index contributed by atoms with van der Waals surface area (Å²) in [7, 11) is 0. The highest BCUT2D eigenvalue weighted by Gasteiger charge is 2.01. The topological polar surface area (TPSA) is 32.3 Å². The van der Waals surface area contributed by atoms with Gasteiger partial charge in [-0.05, 0) is 24.6 Å². The molecule has 72 valence electrons. The van der Waals surface area contributed by atoms with Gasteiger partial charge in [-0.2, -0.15) is 0 Å². The minimum Gasteiger partial charge on any atom is -0.374 e. The fourth-order valence-electron chi connectivity index (χ4n) is 1.12. The molecule has 1 aromatic carbocycles. The standard InChI is InChI=1S/C10H14ClNO/c1-2-4-10(13)12-9-6-3-5-8(11)7-9/h3,5-7,10,12-13H,2,4H2,1H3. The number of hydrogen-bond donors (Lipinski definition) is 2. The maximum absolute atomic E-state index is 9.44. The number of rotatable bonds is 4. The molecule has 0 aliphatic rings. The Bertz CT molecular complexity index is 265. The summed E-state index contributed by atoms with van der Waals surface area (Å²) in [6.45, 7) is 2.03. The van der Waals surface area contributed by atoms with Crippen molar-refractivity contribution in [1.82, 2.24) is 0 Å². The van der Waals surface area contributed by atoms with Gasteiger partial charge in [-0.3, -0.25) is 0 Å². The maximum atomic E-state index is 9.44. The van der Waals surface area contributed by atoms with Crippen LogP contribution in [0.4, 0.5) is 5.69 Å². The lowest BCUT2D eigenvalue weighted by Gasteiger charge is -2.12. The van der Waals surface area contributed by atoms with Crippen LogP contribution in [0.2, 0.25) is 5.02 Å². The van der Waals surface area contributed by atoms with Crippen molar-refractivity contribution in [2.75, 3.05) is 5.32 Å². The van der Waals surface area contributed by atoms with E-state index in [1.54, 1.807) is 12.1 Å². The van der Waals surface area contributed by atoms with E-state index in [2.05, 4.69) is 5.32 Å². The molecule has 0 spiro atoms.